The van der Waals surface area contributed by atoms with Crippen LogP contribution in [0.2, 0.25) is 0 Å². The van der Waals surface area contributed by atoms with Gasteiger partial charge in [0.15, 0.2) is 0 Å². The van der Waals surface area contributed by atoms with Crippen LogP contribution >= 0.6 is 0 Å². The van der Waals surface area contributed by atoms with E-state index in [1.165, 1.54) is 5.56 Å². The van der Waals surface area contributed by atoms with Crippen molar-refractivity contribution in [3.63, 3.8) is 0 Å². The van der Waals surface area contributed by atoms with E-state index >= 15 is 0 Å². The normalized spacial score (nSPS) is 13.3. The van der Waals surface area contributed by atoms with Gasteiger partial charge in [0, 0.05) is 0 Å². The van der Waals surface area contributed by atoms with Gasteiger partial charge in [-0.1, -0.05) is 44.2 Å². The third-order valence-corrected chi connectivity index (χ3v) is 2.82. The summed E-state index contributed by atoms with van der Waals surface area (Å²) < 4.78 is 0. The highest BCUT2D eigenvalue weighted by Crippen LogP contribution is 2.12. The van der Waals surface area contributed by atoms with E-state index in [0.29, 0.717) is 5.92 Å². The van der Waals surface area contributed by atoms with E-state index in [0.717, 1.165) is 25.4 Å². The molecule has 95 valence electrons. The SMILES string of the molecule is CC(C)CCN[C](Cc1ccccc1)[C@@H](C)O. The Labute approximate surface area is 105 Å². The van der Waals surface area contributed by atoms with Crippen LogP contribution < -0.4 is 5.32 Å². The van der Waals surface area contributed by atoms with Gasteiger partial charge in [0.05, 0.1) is 12.1 Å². The lowest BCUT2D eigenvalue weighted by atomic mass is 10.0. The molecule has 1 rings (SSSR count). The van der Waals surface area contributed by atoms with E-state index in [9.17, 15) is 5.11 Å². The molecule has 0 amide bonds. The maximum atomic E-state index is 9.74. The lowest BCUT2D eigenvalue weighted by Gasteiger charge is -2.21. The zero-order chi connectivity index (χ0) is 12.7. The molecular weight excluding hydrogens is 210 g/mol. The van der Waals surface area contributed by atoms with Gasteiger partial charge in [-0.05, 0) is 37.8 Å². The molecule has 17 heavy (non-hydrogen) atoms. The molecule has 2 heteroatoms. The lowest BCUT2D eigenvalue weighted by molar-refractivity contribution is 0.189. The smallest absolute Gasteiger partial charge is 0.0716 e. The van der Waals surface area contributed by atoms with Crippen LogP contribution in [0.3, 0.4) is 0 Å². The number of aliphatic hydroxyl groups is 1. The number of nitrogens with one attached hydrogen (secondary N) is 1. The van der Waals surface area contributed by atoms with Gasteiger partial charge in [0.25, 0.3) is 0 Å². The highest BCUT2D eigenvalue weighted by Gasteiger charge is 2.15. The second kappa shape index (κ2) is 7.46. The first-order chi connectivity index (χ1) is 8.09. The average molecular weight is 234 g/mol. The quantitative estimate of drug-likeness (QED) is 0.760. The first-order valence-electron chi connectivity index (χ1n) is 6.41. The van der Waals surface area contributed by atoms with Crippen LogP contribution in [0.25, 0.3) is 0 Å². The van der Waals surface area contributed by atoms with Gasteiger partial charge < -0.3 is 10.4 Å². The Morgan fingerprint density at radius 3 is 2.35 bits per heavy atom. The summed E-state index contributed by atoms with van der Waals surface area (Å²) in [5.41, 5.74) is 1.24. The van der Waals surface area contributed by atoms with Crippen molar-refractivity contribution in [3.05, 3.63) is 41.9 Å². The van der Waals surface area contributed by atoms with Crippen LogP contribution in [0.4, 0.5) is 0 Å². The summed E-state index contributed by atoms with van der Waals surface area (Å²) in [6, 6.07) is 11.3. The zero-order valence-electron chi connectivity index (χ0n) is 11.1. The third-order valence-electron chi connectivity index (χ3n) is 2.82. The Hall–Kier alpha value is -0.860. The molecular formula is C15H24NO. The van der Waals surface area contributed by atoms with E-state index in [1.807, 2.05) is 25.1 Å². The number of aliphatic hydroxyl groups excluding tert-OH is 1. The van der Waals surface area contributed by atoms with Gasteiger partial charge in [-0.25, -0.2) is 0 Å². The second-order valence-corrected chi connectivity index (χ2v) is 4.97. The molecule has 0 heterocycles. The van der Waals surface area contributed by atoms with Gasteiger partial charge in [0.2, 0.25) is 0 Å². The number of rotatable bonds is 7. The Morgan fingerprint density at radius 1 is 1.18 bits per heavy atom. The fourth-order valence-corrected chi connectivity index (χ4v) is 1.70. The van der Waals surface area contributed by atoms with Crippen LogP contribution in [0.1, 0.15) is 32.8 Å². The van der Waals surface area contributed by atoms with Crippen LogP contribution in [0, 0.1) is 12.0 Å². The van der Waals surface area contributed by atoms with Crippen LogP contribution in [-0.2, 0) is 6.42 Å². The molecule has 0 aliphatic heterocycles. The van der Waals surface area contributed by atoms with Crippen LogP contribution in [-0.4, -0.2) is 17.8 Å². The average Bonchev–Trinajstić information content (AvgIpc) is 2.28. The summed E-state index contributed by atoms with van der Waals surface area (Å²) in [4.78, 5) is 0. The lowest BCUT2D eigenvalue weighted by Crippen LogP contribution is -2.33. The van der Waals surface area contributed by atoms with Crippen molar-refractivity contribution < 1.29 is 5.11 Å². The summed E-state index contributed by atoms with van der Waals surface area (Å²) >= 11 is 0. The van der Waals surface area contributed by atoms with E-state index < -0.39 is 6.10 Å². The number of benzene rings is 1. The van der Waals surface area contributed by atoms with Crippen molar-refractivity contribution in [2.75, 3.05) is 6.54 Å². The highest BCUT2D eigenvalue weighted by atomic mass is 16.3. The third kappa shape index (κ3) is 5.85. The Kier molecular flexibility index (Phi) is 6.23. The van der Waals surface area contributed by atoms with Crippen molar-refractivity contribution in [1.29, 1.82) is 0 Å². The first kappa shape index (κ1) is 14.2. The van der Waals surface area contributed by atoms with E-state index in [1.54, 1.807) is 0 Å². The zero-order valence-corrected chi connectivity index (χ0v) is 11.1. The van der Waals surface area contributed by atoms with Gasteiger partial charge in [-0.15, -0.1) is 0 Å². The molecule has 2 N–H and O–H groups in total. The standard InChI is InChI=1S/C15H24NO/c1-12(2)9-10-16-15(13(3)17)11-14-7-5-4-6-8-14/h4-8,12-13,16-17H,9-11H2,1-3H3/t13-/m1/s1. The molecule has 0 aromatic heterocycles. The van der Waals surface area contributed by atoms with Gasteiger partial charge >= 0.3 is 0 Å². The monoisotopic (exact) mass is 234 g/mol. The summed E-state index contributed by atoms with van der Waals surface area (Å²) in [5, 5.41) is 13.1. The van der Waals surface area contributed by atoms with Crippen molar-refractivity contribution in [1.82, 2.24) is 5.32 Å². The molecule has 0 aliphatic rings. The highest BCUT2D eigenvalue weighted by molar-refractivity contribution is 5.19. The van der Waals surface area contributed by atoms with Crippen LogP contribution in [0.15, 0.2) is 30.3 Å². The van der Waals surface area contributed by atoms with Gasteiger partial charge in [0.1, 0.15) is 0 Å². The van der Waals surface area contributed by atoms with E-state index in [4.69, 9.17) is 0 Å². The van der Waals surface area contributed by atoms with Gasteiger partial charge in [-0.3, -0.25) is 0 Å². The molecule has 1 radical (unpaired) electrons. The fraction of sp³-hybridized carbons (Fsp3) is 0.533. The Balaban J connectivity index is 2.44. The summed E-state index contributed by atoms with van der Waals surface area (Å²) in [5.74, 6) is 0.689. The molecule has 1 atom stereocenters. The molecule has 0 unspecified atom stereocenters. The second-order valence-electron chi connectivity index (χ2n) is 4.97. The molecule has 0 saturated carbocycles. The van der Waals surface area contributed by atoms with Crippen molar-refractivity contribution >= 4 is 0 Å². The summed E-state index contributed by atoms with van der Waals surface area (Å²) in [6.45, 7) is 7.17. The largest absolute Gasteiger partial charge is 0.391 e. The van der Waals surface area contributed by atoms with Crippen LogP contribution in [0.5, 0.6) is 0 Å². The topological polar surface area (TPSA) is 32.3 Å². The van der Waals surface area contributed by atoms with Crippen molar-refractivity contribution in [2.45, 2.75) is 39.7 Å². The number of hydrogen-bond donors (Lipinski definition) is 2. The first-order valence-corrected chi connectivity index (χ1v) is 6.41. The summed E-state index contributed by atoms with van der Waals surface area (Å²) in [6.07, 6.45) is 1.53. The van der Waals surface area contributed by atoms with Crippen molar-refractivity contribution in [2.24, 2.45) is 5.92 Å². The Morgan fingerprint density at radius 2 is 1.82 bits per heavy atom. The minimum Gasteiger partial charge on any atom is -0.391 e. The minimum absolute atomic E-state index is 0.401. The predicted molar refractivity (Wildman–Crippen MR) is 72.5 cm³/mol. The Bertz CT molecular complexity index is 295. The molecule has 1 aromatic rings. The maximum absolute atomic E-state index is 9.74. The molecule has 0 aliphatic carbocycles. The molecule has 0 fully saturated rings. The molecule has 2 nitrogen and oxygen atoms in total. The molecule has 0 saturated heterocycles. The predicted octanol–water partition coefficient (Wildman–Crippen LogP) is 2.78. The fourth-order valence-electron chi connectivity index (χ4n) is 1.70. The van der Waals surface area contributed by atoms with Gasteiger partial charge in [-0.2, -0.15) is 0 Å². The summed E-state index contributed by atoms with van der Waals surface area (Å²) in [7, 11) is 0. The maximum Gasteiger partial charge on any atom is 0.0716 e. The van der Waals surface area contributed by atoms with E-state index in [2.05, 4.69) is 31.3 Å². The number of hydrogen-bond acceptors (Lipinski definition) is 2. The molecule has 1 aromatic carbocycles. The van der Waals surface area contributed by atoms with E-state index in [-0.39, 0.29) is 0 Å². The molecule has 0 bridgehead atoms. The minimum atomic E-state index is -0.401. The van der Waals surface area contributed by atoms with Crippen molar-refractivity contribution in [3.8, 4) is 0 Å². The molecule has 0 spiro atoms.